The van der Waals surface area contributed by atoms with Crippen molar-refractivity contribution < 1.29 is 19.1 Å². The van der Waals surface area contributed by atoms with E-state index in [1.165, 1.54) is 36.7 Å². The molecule has 0 heterocycles. The average molecular weight is 342 g/mol. The molecule has 0 spiro atoms. The normalized spacial score (nSPS) is 12.6. The van der Waals surface area contributed by atoms with Crippen LogP contribution in [0.1, 0.15) is 27.7 Å². The molecule has 1 aromatic carbocycles. The second-order valence-electron chi connectivity index (χ2n) is 6.41. The number of nitrogens with one attached hydrogen (secondary N) is 1. The minimum absolute atomic E-state index is 0.0710. The zero-order valence-corrected chi connectivity index (χ0v) is 14.8. The van der Waals surface area contributed by atoms with Crippen LogP contribution in [0.3, 0.4) is 0 Å². The molecule has 0 saturated carbocycles. The molecule has 128 valence electrons. The number of carboxylic acid groups (broad SMARTS) is 1. The van der Waals surface area contributed by atoms with Crippen molar-refractivity contribution in [3.05, 3.63) is 24.0 Å². The summed E-state index contributed by atoms with van der Waals surface area (Å²) >= 11 is 1.41. The van der Waals surface area contributed by atoms with Gasteiger partial charge in [0.25, 0.3) is 0 Å². The number of aliphatic carboxylic acids is 1. The Balaban J connectivity index is 2.72. The van der Waals surface area contributed by atoms with E-state index in [1.54, 1.807) is 12.1 Å². The van der Waals surface area contributed by atoms with Crippen molar-refractivity contribution in [2.75, 3.05) is 18.9 Å². The number of halogens is 1. The number of benzene rings is 1. The van der Waals surface area contributed by atoms with Crippen LogP contribution in [0, 0.1) is 11.7 Å². The zero-order chi connectivity index (χ0) is 17.8. The number of rotatable bonds is 5. The third-order valence-electron chi connectivity index (χ3n) is 2.92. The molecular formula is C16H23FN2O3S. The van der Waals surface area contributed by atoms with Crippen LogP contribution in [0.25, 0.3) is 0 Å². The third-order valence-corrected chi connectivity index (χ3v) is 4.08. The first-order valence-corrected chi connectivity index (χ1v) is 8.04. The lowest BCUT2D eigenvalue weighted by Crippen LogP contribution is -2.36. The van der Waals surface area contributed by atoms with Crippen LogP contribution in [-0.4, -0.2) is 40.3 Å². The highest BCUT2D eigenvalue weighted by Crippen LogP contribution is 2.34. The van der Waals surface area contributed by atoms with Crippen LogP contribution in [0.15, 0.2) is 23.1 Å². The highest BCUT2D eigenvalue weighted by atomic mass is 32.2. The summed E-state index contributed by atoms with van der Waals surface area (Å²) in [5.41, 5.74) is 0.334. The van der Waals surface area contributed by atoms with E-state index < -0.39 is 23.7 Å². The first-order valence-electron chi connectivity index (χ1n) is 7.23. The van der Waals surface area contributed by atoms with E-state index in [4.69, 9.17) is 5.11 Å². The summed E-state index contributed by atoms with van der Waals surface area (Å²) in [6, 6.07) is 4.04. The Morgan fingerprint density at radius 1 is 1.39 bits per heavy atom. The lowest BCUT2D eigenvalue weighted by atomic mass is 10.2. The smallest absolute Gasteiger partial charge is 0.321 e. The first kappa shape index (κ1) is 19.3. The van der Waals surface area contributed by atoms with Crippen LogP contribution in [-0.2, 0) is 4.79 Å². The van der Waals surface area contributed by atoms with Crippen molar-refractivity contribution in [3.63, 3.8) is 0 Å². The van der Waals surface area contributed by atoms with E-state index in [0.29, 0.717) is 10.6 Å². The van der Waals surface area contributed by atoms with Gasteiger partial charge in [0.05, 0.1) is 5.92 Å². The molecule has 1 aromatic rings. The Labute approximate surface area is 140 Å². The molecule has 0 radical (unpaired) electrons. The summed E-state index contributed by atoms with van der Waals surface area (Å²) in [4.78, 5) is 24.6. The molecule has 0 aliphatic heterocycles. The maximum absolute atomic E-state index is 14.1. The van der Waals surface area contributed by atoms with Crippen LogP contribution >= 0.6 is 11.8 Å². The molecule has 7 heteroatoms. The molecule has 1 unspecified atom stereocenters. The Bertz CT molecular complexity index is 587. The van der Waals surface area contributed by atoms with Crippen LogP contribution in [0.5, 0.6) is 0 Å². The Kier molecular flexibility index (Phi) is 6.44. The Morgan fingerprint density at radius 3 is 2.48 bits per heavy atom. The molecule has 2 amide bonds. The van der Waals surface area contributed by atoms with Crippen molar-refractivity contribution >= 4 is 29.4 Å². The van der Waals surface area contributed by atoms with E-state index in [2.05, 4.69) is 5.32 Å². The molecule has 0 saturated heterocycles. The second-order valence-corrected chi connectivity index (χ2v) is 8.28. The average Bonchev–Trinajstić information content (AvgIpc) is 2.40. The molecule has 5 nitrogen and oxygen atoms in total. The largest absolute Gasteiger partial charge is 0.481 e. The predicted octanol–water partition coefficient (Wildman–Crippen LogP) is 3.90. The minimum Gasteiger partial charge on any atom is -0.481 e. The molecule has 1 rings (SSSR count). The van der Waals surface area contributed by atoms with Crippen LogP contribution < -0.4 is 5.32 Å². The molecule has 23 heavy (non-hydrogen) atoms. The highest BCUT2D eigenvalue weighted by Gasteiger charge is 2.19. The fourth-order valence-corrected chi connectivity index (χ4v) is 2.73. The lowest BCUT2D eigenvalue weighted by molar-refractivity contribution is -0.141. The number of urea groups is 1. The summed E-state index contributed by atoms with van der Waals surface area (Å²) in [6.07, 6.45) is 0. The molecule has 2 N–H and O–H groups in total. The van der Waals surface area contributed by atoms with E-state index in [1.807, 2.05) is 20.8 Å². The predicted molar refractivity (Wildman–Crippen MR) is 90.5 cm³/mol. The van der Waals surface area contributed by atoms with Crippen molar-refractivity contribution in [2.45, 2.75) is 37.3 Å². The van der Waals surface area contributed by atoms with Gasteiger partial charge in [-0.25, -0.2) is 9.18 Å². The SMILES string of the molecule is CC(CN(C)C(=O)Nc1ccc(SC(C)(C)C)c(F)c1)C(=O)O. The van der Waals surface area contributed by atoms with E-state index in [0.717, 1.165) is 0 Å². The molecule has 0 aliphatic rings. The quantitative estimate of drug-likeness (QED) is 0.796. The molecule has 0 aliphatic carbocycles. The number of carbonyl (C=O) groups is 2. The molecule has 1 atom stereocenters. The highest BCUT2D eigenvalue weighted by molar-refractivity contribution is 8.00. The van der Waals surface area contributed by atoms with Crippen molar-refractivity contribution in [1.29, 1.82) is 0 Å². The first-order chi connectivity index (χ1) is 10.5. The van der Waals surface area contributed by atoms with Gasteiger partial charge in [-0.15, -0.1) is 11.8 Å². The minimum atomic E-state index is -0.973. The molecular weight excluding hydrogens is 319 g/mol. The lowest BCUT2D eigenvalue weighted by Gasteiger charge is -2.21. The van der Waals surface area contributed by atoms with Gasteiger partial charge in [-0.2, -0.15) is 0 Å². The number of anilines is 1. The van der Waals surface area contributed by atoms with Crippen molar-refractivity contribution in [2.24, 2.45) is 5.92 Å². The number of hydrogen-bond acceptors (Lipinski definition) is 3. The summed E-state index contributed by atoms with van der Waals surface area (Å²) in [5.74, 6) is -2.04. The number of hydrogen-bond donors (Lipinski definition) is 2. The van der Waals surface area contributed by atoms with E-state index in [-0.39, 0.29) is 11.3 Å². The second kappa shape index (κ2) is 7.68. The third kappa shape index (κ3) is 6.48. The number of carbonyl (C=O) groups excluding carboxylic acids is 1. The van der Waals surface area contributed by atoms with Gasteiger partial charge in [-0.05, 0) is 18.2 Å². The number of thioether (sulfide) groups is 1. The van der Waals surface area contributed by atoms with Crippen LogP contribution in [0.4, 0.5) is 14.9 Å². The zero-order valence-electron chi connectivity index (χ0n) is 14.0. The fourth-order valence-electron chi connectivity index (χ4n) is 1.78. The number of carboxylic acids is 1. The standard InChI is InChI=1S/C16H23FN2O3S/c1-10(14(20)21)9-19(5)15(22)18-11-6-7-13(12(17)8-11)23-16(2,3)4/h6-8,10H,9H2,1-5H3,(H,18,22)(H,20,21). The molecule has 0 bridgehead atoms. The van der Waals surface area contributed by atoms with Crippen molar-refractivity contribution in [3.8, 4) is 0 Å². The summed E-state index contributed by atoms with van der Waals surface area (Å²) < 4.78 is 14.0. The van der Waals surface area contributed by atoms with E-state index >= 15 is 0 Å². The topological polar surface area (TPSA) is 69.6 Å². The maximum Gasteiger partial charge on any atom is 0.321 e. The van der Waals surface area contributed by atoms with Gasteiger partial charge >= 0.3 is 12.0 Å². The van der Waals surface area contributed by atoms with Crippen molar-refractivity contribution in [1.82, 2.24) is 4.90 Å². The van der Waals surface area contributed by atoms with Gasteiger partial charge < -0.3 is 15.3 Å². The molecule has 0 aromatic heterocycles. The molecule has 0 fully saturated rings. The fraction of sp³-hybridized carbons (Fsp3) is 0.500. The van der Waals surface area contributed by atoms with Crippen LogP contribution in [0.2, 0.25) is 0 Å². The Morgan fingerprint density at radius 2 is 2.00 bits per heavy atom. The van der Waals surface area contributed by atoms with Gasteiger partial charge in [0, 0.05) is 28.9 Å². The van der Waals surface area contributed by atoms with Gasteiger partial charge in [0.1, 0.15) is 5.82 Å². The van der Waals surface area contributed by atoms with Gasteiger partial charge in [0.2, 0.25) is 0 Å². The maximum atomic E-state index is 14.1. The van der Waals surface area contributed by atoms with Gasteiger partial charge in [-0.1, -0.05) is 27.7 Å². The van der Waals surface area contributed by atoms with Gasteiger partial charge in [-0.3, -0.25) is 4.79 Å². The number of amides is 2. The monoisotopic (exact) mass is 342 g/mol. The Hall–Kier alpha value is -1.76. The number of nitrogens with zero attached hydrogens (tertiary/aromatic N) is 1. The van der Waals surface area contributed by atoms with Gasteiger partial charge in [0.15, 0.2) is 0 Å². The summed E-state index contributed by atoms with van der Waals surface area (Å²) in [5, 5.41) is 11.4. The summed E-state index contributed by atoms with van der Waals surface area (Å²) in [7, 11) is 1.49. The van der Waals surface area contributed by atoms with E-state index in [9.17, 15) is 14.0 Å². The summed E-state index contributed by atoms with van der Waals surface area (Å²) in [6.45, 7) is 7.56.